The lowest BCUT2D eigenvalue weighted by atomic mass is 9.85. The van der Waals surface area contributed by atoms with Crippen molar-refractivity contribution >= 4 is 29.7 Å². The van der Waals surface area contributed by atoms with Gasteiger partial charge in [0.25, 0.3) is 0 Å². The van der Waals surface area contributed by atoms with E-state index in [-0.39, 0.29) is 18.3 Å². The second-order valence-corrected chi connectivity index (χ2v) is 7.49. The number of nitrogens with zero attached hydrogens (tertiary/aromatic N) is 2. The highest BCUT2D eigenvalue weighted by Gasteiger charge is 2.22. The molecule has 0 aliphatic carbocycles. The topological polar surface area (TPSA) is 66.9 Å². The standard InChI is InChI=1S/C18H24N4OS.ClH/c1-13(15-8-5-9-19-11-15)10-16(23)20-12-17-21-22-18(24-17)14-6-3-2-4-7-14;/h2-4,6-7,13,15,19H,5,8-12H2,1H3,(H,20,23);1H. The zero-order valence-electron chi connectivity index (χ0n) is 14.4. The molecule has 0 spiro atoms. The number of amides is 1. The fourth-order valence-corrected chi connectivity index (χ4v) is 3.88. The number of aromatic nitrogens is 2. The molecule has 2 atom stereocenters. The van der Waals surface area contributed by atoms with E-state index in [4.69, 9.17) is 0 Å². The van der Waals surface area contributed by atoms with E-state index in [9.17, 15) is 4.79 Å². The molecule has 3 rings (SSSR count). The van der Waals surface area contributed by atoms with Gasteiger partial charge in [0.05, 0.1) is 6.54 Å². The van der Waals surface area contributed by atoms with Gasteiger partial charge in [-0.05, 0) is 37.8 Å². The summed E-state index contributed by atoms with van der Waals surface area (Å²) in [5, 5.41) is 16.5. The maximum Gasteiger partial charge on any atom is 0.220 e. The van der Waals surface area contributed by atoms with Gasteiger partial charge in [-0.15, -0.1) is 22.6 Å². The van der Waals surface area contributed by atoms with Crippen LogP contribution in [0.25, 0.3) is 10.6 Å². The first-order chi connectivity index (χ1) is 11.7. The minimum Gasteiger partial charge on any atom is -0.350 e. The van der Waals surface area contributed by atoms with Crippen LogP contribution in [0.1, 0.15) is 31.2 Å². The molecule has 1 aromatic heterocycles. The van der Waals surface area contributed by atoms with Crippen LogP contribution in [0.4, 0.5) is 0 Å². The lowest BCUT2D eigenvalue weighted by Crippen LogP contribution is -2.35. The van der Waals surface area contributed by atoms with E-state index in [0.29, 0.717) is 24.8 Å². The number of carbonyl (C=O) groups is 1. The van der Waals surface area contributed by atoms with E-state index in [2.05, 4.69) is 27.8 Å². The van der Waals surface area contributed by atoms with Gasteiger partial charge in [0, 0.05) is 12.0 Å². The Morgan fingerprint density at radius 2 is 2.16 bits per heavy atom. The van der Waals surface area contributed by atoms with Crippen molar-refractivity contribution in [2.24, 2.45) is 11.8 Å². The Morgan fingerprint density at radius 3 is 2.88 bits per heavy atom. The number of carbonyl (C=O) groups excluding carboxylic acids is 1. The van der Waals surface area contributed by atoms with Gasteiger partial charge < -0.3 is 10.6 Å². The molecule has 7 heteroatoms. The highest BCUT2D eigenvalue weighted by atomic mass is 35.5. The molecule has 2 heterocycles. The van der Waals surface area contributed by atoms with Gasteiger partial charge in [-0.2, -0.15) is 0 Å². The van der Waals surface area contributed by atoms with Gasteiger partial charge >= 0.3 is 0 Å². The van der Waals surface area contributed by atoms with Gasteiger partial charge in [0.1, 0.15) is 10.0 Å². The molecule has 0 bridgehead atoms. The molecule has 1 aliphatic heterocycles. The summed E-state index contributed by atoms with van der Waals surface area (Å²) in [6.07, 6.45) is 3.01. The van der Waals surface area contributed by atoms with E-state index in [1.165, 1.54) is 24.2 Å². The zero-order chi connectivity index (χ0) is 16.8. The number of hydrogen-bond donors (Lipinski definition) is 2. The second kappa shape index (κ2) is 9.85. The molecule has 2 aromatic rings. The van der Waals surface area contributed by atoms with Gasteiger partial charge in [-0.25, -0.2) is 0 Å². The maximum absolute atomic E-state index is 12.2. The number of hydrogen-bond acceptors (Lipinski definition) is 5. The summed E-state index contributed by atoms with van der Waals surface area (Å²) in [6, 6.07) is 9.99. The van der Waals surface area contributed by atoms with Gasteiger partial charge in [-0.3, -0.25) is 4.79 Å². The molecule has 1 aromatic carbocycles. The number of rotatable bonds is 6. The third-order valence-corrected chi connectivity index (χ3v) is 5.54. The number of nitrogens with one attached hydrogen (secondary N) is 2. The minimum atomic E-state index is 0. The lowest BCUT2D eigenvalue weighted by Gasteiger charge is -2.27. The summed E-state index contributed by atoms with van der Waals surface area (Å²) < 4.78 is 0. The molecule has 2 N–H and O–H groups in total. The van der Waals surface area contributed by atoms with E-state index < -0.39 is 0 Å². The van der Waals surface area contributed by atoms with Crippen LogP contribution in [-0.2, 0) is 11.3 Å². The summed E-state index contributed by atoms with van der Waals surface area (Å²) >= 11 is 1.53. The lowest BCUT2D eigenvalue weighted by molar-refractivity contribution is -0.122. The number of piperidine rings is 1. The molecular formula is C18H25ClN4OS. The van der Waals surface area contributed by atoms with Crippen molar-refractivity contribution in [3.05, 3.63) is 35.3 Å². The fourth-order valence-electron chi connectivity index (χ4n) is 3.09. The summed E-state index contributed by atoms with van der Waals surface area (Å²) in [5.41, 5.74) is 1.06. The molecule has 1 amide bonds. The summed E-state index contributed by atoms with van der Waals surface area (Å²) in [5.74, 6) is 1.12. The molecule has 5 nitrogen and oxygen atoms in total. The first kappa shape index (κ1) is 19.8. The average molecular weight is 381 g/mol. The SMILES string of the molecule is CC(CC(=O)NCc1nnc(-c2ccccc2)s1)C1CCCNC1.Cl. The van der Waals surface area contributed by atoms with Crippen molar-refractivity contribution in [2.75, 3.05) is 13.1 Å². The van der Waals surface area contributed by atoms with Crippen molar-refractivity contribution in [1.82, 2.24) is 20.8 Å². The molecule has 1 aliphatic rings. The first-order valence-electron chi connectivity index (χ1n) is 8.57. The fraction of sp³-hybridized carbons (Fsp3) is 0.500. The number of benzene rings is 1. The van der Waals surface area contributed by atoms with Gasteiger partial charge in [-0.1, -0.05) is 48.6 Å². The van der Waals surface area contributed by atoms with Gasteiger partial charge in [0.2, 0.25) is 5.91 Å². The van der Waals surface area contributed by atoms with Crippen molar-refractivity contribution in [3.63, 3.8) is 0 Å². The maximum atomic E-state index is 12.2. The Hall–Kier alpha value is -1.50. The van der Waals surface area contributed by atoms with Crippen molar-refractivity contribution in [1.29, 1.82) is 0 Å². The highest BCUT2D eigenvalue weighted by molar-refractivity contribution is 7.14. The Balaban J connectivity index is 0.00000225. The van der Waals surface area contributed by atoms with Crippen LogP contribution in [0.15, 0.2) is 30.3 Å². The predicted octanol–water partition coefficient (Wildman–Crippen LogP) is 3.27. The molecule has 25 heavy (non-hydrogen) atoms. The monoisotopic (exact) mass is 380 g/mol. The van der Waals surface area contributed by atoms with Crippen LogP contribution >= 0.6 is 23.7 Å². The van der Waals surface area contributed by atoms with Crippen LogP contribution < -0.4 is 10.6 Å². The highest BCUT2D eigenvalue weighted by Crippen LogP contribution is 2.24. The first-order valence-corrected chi connectivity index (χ1v) is 9.39. The van der Waals surface area contributed by atoms with Crippen LogP contribution in [-0.4, -0.2) is 29.2 Å². The third-order valence-electron chi connectivity index (χ3n) is 4.57. The summed E-state index contributed by atoms with van der Waals surface area (Å²) in [7, 11) is 0. The van der Waals surface area contributed by atoms with E-state index >= 15 is 0 Å². The Morgan fingerprint density at radius 1 is 1.36 bits per heavy atom. The molecule has 0 radical (unpaired) electrons. The van der Waals surface area contributed by atoms with Crippen molar-refractivity contribution in [3.8, 4) is 10.6 Å². The van der Waals surface area contributed by atoms with E-state index in [1.54, 1.807) is 0 Å². The normalized spacial score (nSPS) is 18.2. The van der Waals surface area contributed by atoms with Gasteiger partial charge in [0.15, 0.2) is 0 Å². The molecule has 136 valence electrons. The Kier molecular flexibility index (Phi) is 7.81. The minimum absolute atomic E-state index is 0. The predicted molar refractivity (Wildman–Crippen MR) is 104 cm³/mol. The van der Waals surface area contributed by atoms with Crippen LogP contribution in [0, 0.1) is 11.8 Å². The quantitative estimate of drug-likeness (QED) is 0.807. The Bertz CT molecular complexity index is 658. The van der Waals surface area contributed by atoms with Crippen LogP contribution in [0.5, 0.6) is 0 Å². The molecule has 2 unspecified atom stereocenters. The zero-order valence-corrected chi connectivity index (χ0v) is 16.0. The summed E-state index contributed by atoms with van der Waals surface area (Å²) in [4.78, 5) is 12.2. The van der Waals surface area contributed by atoms with Crippen molar-refractivity contribution in [2.45, 2.75) is 32.7 Å². The van der Waals surface area contributed by atoms with E-state index in [1.807, 2.05) is 30.3 Å². The molecule has 0 saturated carbocycles. The second-order valence-electron chi connectivity index (χ2n) is 6.43. The molecule has 1 fully saturated rings. The van der Waals surface area contributed by atoms with E-state index in [0.717, 1.165) is 28.7 Å². The summed E-state index contributed by atoms with van der Waals surface area (Å²) in [6.45, 7) is 4.77. The molecular weight excluding hydrogens is 356 g/mol. The Labute approximate surface area is 159 Å². The average Bonchev–Trinajstić information content (AvgIpc) is 3.10. The van der Waals surface area contributed by atoms with Crippen LogP contribution in [0.3, 0.4) is 0 Å². The third kappa shape index (κ3) is 5.76. The van der Waals surface area contributed by atoms with Crippen molar-refractivity contribution < 1.29 is 4.79 Å². The largest absolute Gasteiger partial charge is 0.350 e. The smallest absolute Gasteiger partial charge is 0.220 e. The number of halogens is 1. The van der Waals surface area contributed by atoms with Crippen LogP contribution in [0.2, 0.25) is 0 Å². The molecule has 1 saturated heterocycles.